The third-order valence-corrected chi connectivity index (χ3v) is 2.60. The zero-order chi connectivity index (χ0) is 13.5. The van der Waals surface area contributed by atoms with Crippen LogP contribution >= 0.6 is 0 Å². The molecule has 0 amide bonds. The Bertz CT molecular complexity index is 517. The van der Waals surface area contributed by atoms with Crippen LogP contribution in [0, 0.1) is 11.6 Å². The van der Waals surface area contributed by atoms with Crippen LogP contribution in [-0.2, 0) is 0 Å². The van der Waals surface area contributed by atoms with Crippen molar-refractivity contribution in [3.8, 4) is 5.75 Å². The van der Waals surface area contributed by atoms with Gasteiger partial charge in [0.25, 0.3) is 0 Å². The summed E-state index contributed by atoms with van der Waals surface area (Å²) in [6.45, 7) is 1.04. The molecule has 0 saturated heterocycles. The maximum absolute atomic E-state index is 13.3. The lowest BCUT2D eigenvalue weighted by atomic mass is 10.3. The maximum Gasteiger partial charge on any atom is 0.181 e. The smallest absolute Gasteiger partial charge is 0.181 e. The summed E-state index contributed by atoms with van der Waals surface area (Å²) < 4.78 is 31.7. The van der Waals surface area contributed by atoms with Gasteiger partial charge in [-0.3, -0.25) is 0 Å². The number of benzene rings is 2. The highest BCUT2D eigenvalue weighted by molar-refractivity contribution is 5.44. The van der Waals surface area contributed by atoms with Crippen LogP contribution in [0.5, 0.6) is 5.75 Å². The number of rotatable bonds is 6. The predicted molar refractivity (Wildman–Crippen MR) is 71.4 cm³/mol. The first-order valence-electron chi connectivity index (χ1n) is 6.13. The number of anilines is 1. The maximum atomic E-state index is 13.3. The van der Waals surface area contributed by atoms with Gasteiger partial charge in [-0.25, -0.2) is 8.78 Å². The molecule has 4 heteroatoms. The number of hydrogen-bond donors (Lipinski definition) is 1. The Hall–Kier alpha value is -2.10. The molecule has 2 aromatic rings. The average Bonchev–Trinajstić information content (AvgIpc) is 2.44. The van der Waals surface area contributed by atoms with Gasteiger partial charge < -0.3 is 10.1 Å². The van der Waals surface area contributed by atoms with Gasteiger partial charge in [-0.15, -0.1) is 0 Å². The van der Waals surface area contributed by atoms with Gasteiger partial charge in [0.15, 0.2) is 11.6 Å². The van der Waals surface area contributed by atoms with Crippen LogP contribution < -0.4 is 10.1 Å². The first-order valence-corrected chi connectivity index (χ1v) is 6.13. The molecule has 0 aliphatic rings. The Balaban J connectivity index is 1.71. The third kappa shape index (κ3) is 3.95. The number of para-hydroxylation sites is 1. The summed E-state index contributed by atoms with van der Waals surface area (Å²) in [6, 6.07) is 13.5. The van der Waals surface area contributed by atoms with E-state index in [0.717, 1.165) is 11.8 Å². The minimum absolute atomic E-state index is 0.180. The van der Waals surface area contributed by atoms with Crippen LogP contribution in [0.4, 0.5) is 14.5 Å². The molecule has 0 radical (unpaired) electrons. The minimum atomic E-state index is -0.842. The highest BCUT2D eigenvalue weighted by Crippen LogP contribution is 2.16. The van der Waals surface area contributed by atoms with Crippen LogP contribution in [0.2, 0.25) is 0 Å². The second-order valence-corrected chi connectivity index (χ2v) is 4.04. The van der Waals surface area contributed by atoms with Crippen LogP contribution in [0.1, 0.15) is 6.42 Å². The molecule has 0 saturated carbocycles. The number of ether oxygens (including phenoxy) is 1. The molecule has 0 aromatic heterocycles. The SMILES string of the molecule is Fc1cccc(NCCCOc2ccccc2)c1F. The molecule has 100 valence electrons. The highest BCUT2D eigenvalue weighted by atomic mass is 19.2. The predicted octanol–water partition coefficient (Wildman–Crippen LogP) is 3.85. The summed E-state index contributed by atoms with van der Waals surface area (Å²) in [7, 11) is 0. The largest absolute Gasteiger partial charge is 0.494 e. The van der Waals surface area contributed by atoms with E-state index in [1.54, 1.807) is 0 Å². The van der Waals surface area contributed by atoms with Gasteiger partial charge in [0.1, 0.15) is 5.75 Å². The highest BCUT2D eigenvalue weighted by Gasteiger charge is 2.06. The molecule has 0 aliphatic carbocycles. The Morgan fingerprint density at radius 3 is 2.53 bits per heavy atom. The van der Waals surface area contributed by atoms with E-state index in [1.807, 2.05) is 30.3 Å². The van der Waals surface area contributed by atoms with Crippen molar-refractivity contribution >= 4 is 5.69 Å². The van der Waals surface area contributed by atoms with E-state index < -0.39 is 11.6 Å². The molecule has 0 heterocycles. The lowest BCUT2D eigenvalue weighted by Crippen LogP contribution is -2.08. The van der Waals surface area contributed by atoms with Crippen LogP contribution in [0.25, 0.3) is 0 Å². The first kappa shape index (κ1) is 13.3. The summed E-state index contributed by atoms with van der Waals surface area (Å²) in [5.41, 5.74) is 0.180. The molecule has 2 rings (SSSR count). The van der Waals surface area contributed by atoms with Crippen molar-refractivity contribution in [1.29, 1.82) is 0 Å². The quantitative estimate of drug-likeness (QED) is 0.799. The lowest BCUT2D eigenvalue weighted by Gasteiger charge is -2.09. The molecule has 2 nitrogen and oxygen atoms in total. The summed E-state index contributed by atoms with van der Waals surface area (Å²) in [6.07, 6.45) is 0.699. The molecule has 19 heavy (non-hydrogen) atoms. The molecule has 0 bridgehead atoms. The molecule has 0 fully saturated rings. The second-order valence-electron chi connectivity index (χ2n) is 4.04. The summed E-state index contributed by atoms with van der Waals surface area (Å²) in [5.74, 6) is -0.878. The van der Waals surface area contributed by atoms with Crippen LogP contribution in [0.3, 0.4) is 0 Å². The Morgan fingerprint density at radius 2 is 1.74 bits per heavy atom. The van der Waals surface area contributed by atoms with E-state index in [2.05, 4.69) is 5.32 Å². The van der Waals surface area contributed by atoms with Gasteiger partial charge in [-0.05, 0) is 30.7 Å². The van der Waals surface area contributed by atoms with Gasteiger partial charge in [0, 0.05) is 6.54 Å². The van der Waals surface area contributed by atoms with Crippen LogP contribution in [0.15, 0.2) is 48.5 Å². The second kappa shape index (κ2) is 6.73. The van der Waals surface area contributed by atoms with E-state index in [4.69, 9.17) is 4.74 Å². The van der Waals surface area contributed by atoms with E-state index in [9.17, 15) is 8.78 Å². The van der Waals surface area contributed by atoms with Gasteiger partial charge in [-0.1, -0.05) is 24.3 Å². The molecule has 1 N–H and O–H groups in total. The molecular weight excluding hydrogens is 248 g/mol. The van der Waals surface area contributed by atoms with E-state index >= 15 is 0 Å². The summed E-state index contributed by atoms with van der Waals surface area (Å²) in [5, 5.41) is 2.85. The fraction of sp³-hybridized carbons (Fsp3) is 0.200. The standard InChI is InChI=1S/C15H15F2NO/c16-13-8-4-9-14(15(13)17)18-10-5-11-19-12-6-2-1-3-7-12/h1-4,6-9,18H,5,10-11H2. The van der Waals surface area contributed by atoms with E-state index in [1.165, 1.54) is 12.1 Å². The van der Waals surface area contributed by atoms with E-state index in [0.29, 0.717) is 19.6 Å². The summed E-state index contributed by atoms with van der Waals surface area (Å²) in [4.78, 5) is 0. The Kier molecular flexibility index (Phi) is 4.72. The van der Waals surface area contributed by atoms with Crippen molar-refractivity contribution in [2.75, 3.05) is 18.5 Å². The topological polar surface area (TPSA) is 21.3 Å². The Labute approximate surface area is 111 Å². The van der Waals surface area contributed by atoms with Crippen molar-refractivity contribution in [1.82, 2.24) is 0 Å². The summed E-state index contributed by atoms with van der Waals surface area (Å²) >= 11 is 0. The van der Waals surface area contributed by atoms with Crippen LogP contribution in [-0.4, -0.2) is 13.2 Å². The van der Waals surface area contributed by atoms with Crippen molar-refractivity contribution in [3.05, 3.63) is 60.2 Å². The number of halogens is 2. The molecule has 0 aliphatic heterocycles. The fourth-order valence-electron chi connectivity index (χ4n) is 1.64. The van der Waals surface area contributed by atoms with Gasteiger partial charge in [0.05, 0.1) is 12.3 Å². The molecular formula is C15H15F2NO. The number of nitrogens with one attached hydrogen (secondary N) is 1. The molecule has 0 atom stereocenters. The van der Waals surface area contributed by atoms with Gasteiger partial charge in [0.2, 0.25) is 0 Å². The third-order valence-electron chi connectivity index (χ3n) is 2.60. The normalized spacial score (nSPS) is 10.2. The van der Waals surface area contributed by atoms with Gasteiger partial charge in [-0.2, -0.15) is 0 Å². The van der Waals surface area contributed by atoms with Crippen molar-refractivity contribution in [3.63, 3.8) is 0 Å². The number of hydrogen-bond acceptors (Lipinski definition) is 2. The van der Waals surface area contributed by atoms with E-state index in [-0.39, 0.29) is 5.69 Å². The van der Waals surface area contributed by atoms with Crippen molar-refractivity contribution in [2.24, 2.45) is 0 Å². The minimum Gasteiger partial charge on any atom is -0.494 e. The Morgan fingerprint density at radius 1 is 0.947 bits per heavy atom. The van der Waals surface area contributed by atoms with Crippen molar-refractivity contribution in [2.45, 2.75) is 6.42 Å². The lowest BCUT2D eigenvalue weighted by molar-refractivity contribution is 0.315. The fourth-order valence-corrected chi connectivity index (χ4v) is 1.64. The molecule has 0 spiro atoms. The van der Waals surface area contributed by atoms with Crippen molar-refractivity contribution < 1.29 is 13.5 Å². The van der Waals surface area contributed by atoms with Gasteiger partial charge >= 0.3 is 0 Å². The average molecular weight is 263 g/mol. The monoisotopic (exact) mass is 263 g/mol. The zero-order valence-electron chi connectivity index (χ0n) is 10.4. The molecule has 0 unspecified atom stereocenters. The first-order chi connectivity index (χ1) is 9.27. The molecule has 2 aromatic carbocycles. The zero-order valence-corrected chi connectivity index (χ0v) is 10.4.